The van der Waals surface area contributed by atoms with E-state index in [-0.39, 0.29) is 12.2 Å². The summed E-state index contributed by atoms with van der Waals surface area (Å²) >= 11 is 3.37. The molecule has 0 unspecified atom stereocenters. The molecule has 130 valence electrons. The Bertz CT molecular complexity index is 914. The number of carboxylic acid groups (broad SMARTS) is 1. The number of benzene rings is 3. The lowest BCUT2D eigenvalue weighted by Crippen LogP contribution is -2.03. The molecule has 0 heterocycles. The number of hydrogen-bond acceptors (Lipinski definition) is 3. The number of halogens is 1. The maximum absolute atomic E-state index is 12.5. The minimum Gasteiger partial charge on any atom is -0.481 e. The van der Waals surface area contributed by atoms with Crippen LogP contribution in [0.1, 0.15) is 21.5 Å². The first kappa shape index (κ1) is 17.9. The quantitative estimate of drug-likeness (QED) is 0.574. The molecule has 0 radical (unpaired) electrons. The second-order valence-electron chi connectivity index (χ2n) is 5.68. The molecule has 0 bridgehead atoms. The third kappa shape index (κ3) is 4.58. The largest absolute Gasteiger partial charge is 0.481 e. The van der Waals surface area contributed by atoms with Crippen LogP contribution in [0.25, 0.3) is 0 Å². The van der Waals surface area contributed by atoms with Crippen LogP contribution in [-0.2, 0) is 11.2 Å². The number of carbonyl (C=O) groups excluding carboxylic acids is 1. The average molecular weight is 411 g/mol. The van der Waals surface area contributed by atoms with E-state index in [0.29, 0.717) is 28.2 Å². The average Bonchev–Trinajstić information content (AvgIpc) is 2.64. The summed E-state index contributed by atoms with van der Waals surface area (Å²) in [5.74, 6) is 0.328. The van der Waals surface area contributed by atoms with Gasteiger partial charge in [-0.05, 0) is 54.1 Å². The highest BCUT2D eigenvalue weighted by molar-refractivity contribution is 9.10. The van der Waals surface area contributed by atoms with Gasteiger partial charge in [-0.1, -0.05) is 40.2 Å². The molecule has 0 saturated heterocycles. The van der Waals surface area contributed by atoms with Gasteiger partial charge in [0.2, 0.25) is 0 Å². The van der Waals surface area contributed by atoms with Crippen molar-refractivity contribution in [3.05, 3.63) is 94.0 Å². The molecule has 0 aliphatic heterocycles. The standard InChI is InChI=1S/C21H15BrO4/c22-17-7-11-19(12-8-17)26-18-9-5-16(6-10-18)21(25)15-3-1-14(2-4-15)13-20(23)24/h1-12H,13H2,(H,23,24). The van der Waals surface area contributed by atoms with Crippen molar-refractivity contribution in [3.8, 4) is 11.5 Å². The van der Waals surface area contributed by atoms with Gasteiger partial charge in [-0.3, -0.25) is 9.59 Å². The van der Waals surface area contributed by atoms with Crippen LogP contribution in [0.3, 0.4) is 0 Å². The highest BCUT2D eigenvalue weighted by Crippen LogP contribution is 2.24. The van der Waals surface area contributed by atoms with Crippen LogP contribution >= 0.6 is 15.9 Å². The fourth-order valence-corrected chi connectivity index (χ4v) is 2.69. The first-order valence-electron chi connectivity index (χ1n) is 7.90. The summed E-state index contributed by atoms with van der Waals surface area (Å²) < 4.78 is 6.71. The number of carboxylic acids is 1. The number of ether oxygens (including phenoxy) is 1. The van der Waals surface area contributed by atoms with E-state index in [0.717, 1.165) is 4.47 Å². The van der Waals surface area contributed by atoms with Crippen molar-refractivity contribution in [2.45, 2.75) is 6.42 Å². The van der Waals surface area contributed by atoms with Gasteiger partial charge in [0.25, 0.3) is 0 Å². The molecular formula is C21H15BrO4. The molecule has 0 aliphatic carbocycles. The molecule has 0 aromatic heterocycles. The summed E-state index contributed by atoms with van der Waals surface area (Å²) in [5.41, 5.74) is 1.71. The molecule has 4 nitrogen and oxygen atoms in total. The van der Waals surface area contributed by atoms with E-state index in [1.807, 2.05) is 24.3 Å². The zero-order chi connectivity index (χ0) is 18.5. The lowest BCUT2D eigenvalue weighted by molar-refractivity contribution is -0.136. The summed E-state index contributed by atoms with van der Waals surface area (Å²) in [6.07, 6.45) is -0.0590. The Hall–Kier alpha value is -2.92. The lowest BCUT2D eigenvalue weighted by atomic mass is 10.0. The van der Waals surface area contributed by atoms with Crippen molar-refractivity contribution in [1.82, 2.24) is 0 Å². The summed E-state index contributed by atoms with van der Waals surface area (Å²) in [5, 5.41) is 8.79. The van der Waals surface area contributed by atoms with E-state index >= 15 is 0 Å². The number of carbonyl (C=O) groups is 2. The Morgan fingerprint density at radius 1 is 0.769 bits per heavy atom. The molecule has 0 amide bonds. The fourth-order valence-electron chi connectivity index (χ4n) is 2.43. The Kier molecular flexibility index (Phi) is 5.49. The molecule has 0 saturated carbocycles. The molecule has 3 aromatic rings. The minimum atomic E-state index is -0.898. The summed E-state index contributed by atoms with van der Waals surface area (Å²) in [4.78, 5) is 23.2. The van der Waals surface area contributed by atoms with Gasteiger partial charge in [-0.25, -0.2) is 0 Å². The predicted octanol–water partition coefficient (Wildman–Crippen LogP) is 5.10. The van der Waals surface area contributed by atoms with Crippen molar-refractivity contribution >= 4 is 27.7 Å². The zero-order valence-electron chi connectivity index (χ0n) is 13.7. The highest BCUT2D eigenvalue weighted by atomic mass is 79.9. The van der Waals surface area contributed by atoms with Gasteiger partial charge in [0, 0.05) is 15.6 Å². The van der Waals surface area contributed by atoms with Crippen LogP contribution in [0.15, 0.2) is 77.3 Å². The SMILES string of the molecule is O=C(O)Cc1ccc(C(=O)c2ccc(Oc3ccc(Br)cc3)cc2)cc1. The van der Waals surface area contributed by atoms with Crippen molar-refractivity contribution in [2.75, 3.05) is 0 Å². The number of ketones is 1. The molecular weight excluding hydrogens is 396 g/mol. The monoisotopic (exact) mass is 410 g/mol. The molecule has 0 spiro atoms. The Balaban J connectivity index is 1.70. The summed E-state index contributed by atoms with van der Waals surface area (Å²) in [6.45, 7) is 0. The Morgan fingerprint density at radius 2 is 1.23 bits per heavy atom. The van der Waals surface area contributed by atoms with Gasteiger partial charge >= 0.3 is 5.97 Å². The maximum atomic E-state index is 12.5. The van der Waals surface area contributed by atoms with E-state index in [1.54, 1.807) is 48.5 Å². The van der Waals surface area contributed by atoms with Crippen LogP contribution in [0.2, 0.25) is 0 Å². The highest BCUT2D eigenvalue weighted by Gasteiger charge is 2.10. The van der Waals surface area contributed by atoms with Crippen molar-refractivity contribution in [1.29, 1.82) is 0 Å². The second kappa shape index (κ2) is 7.97. The third-order valence-corrected chi connectivity index (χ3v) is 4.27. The van der Waals surface area contributed by atoms with Crippen molar-refractivity contribution < 1.29 is 19.4 Å². The zero-order valence-corrected chi connectivity index (χ0v) is 15.3. The van der Waals surface area contributed by atoms with Gasteiger partial charge in [-0.15, -0.1) is 0 Å². The molecule has 26 heavy (non-hydrogen) atoms. The first-order valence-corrected chi connectivity index (χ1v) is 8.69. The van der Waals surface area contributed by atoms with Crippen molar-refractivity contribution in [2.24, 2.45) is 0 Å². The van der Waals surface area contributed by atoms with Gasteiger partial charge < -0.3 is 9.84 Å². The van der Waals surface area contributed by atoms with Gasteiger partial charge in [0.05, 0.1) is 6.42 Å². The van der Waals surface area contributed by atoms with Crippen LogP contribution in [-0.4, -0.2) is 16.9 Å². The van der Waals surface area contributed by atoms with Crippen LogP contribution in [0.5, 0.6) is 11.5 Å². The second-order valence-corrected chi connectivity index (χ2v) is 6.59. The molecule has 5 heteroatoms. The summed E-state index contributed by atoms with van der Waals surface area (Å²) in [7, 11) is 0. The van der Waals surface area contributed by atoms with Gasteiger partial charge in [-0.2, -0.15) is 0 Å². The molecule has 0 aliphatic rings. The number of aliphatic carboxylic acids is 1. The third-order valence-electron chi connectivity index (χ3n) is 3.74. The van der Waals surface area contributed by atoms with Crippen LogP contribution in [0, 0.1) is 0 Å². The Morgan fingerprint density at radius 3 is 1.73 bits per heavy atom. The van der Waals surface area contributed by atoms with E-state index in [2.05, 4.69) is 15.9 Å². The maximum Gasteiger partial charge on any atom is 0.307 e. The normalized spacial score (nSPS) is 10.3. The van der Waals surface area contributed by atoms with Gasteiger partial charge in [0.15, 0.2) is 5.78 Å². The van der Waals surface area contributed by atoms with E-state index < -0.39 is 5.97 Å². The fraction of sp³-hybridized carbons (Fsp3) is 0.0476. The number of rotatable bonds is 6. The topological polar surface area (TPSA) is 63.6 Å². The van der Waals surface area contributed by atoms with E-state index in [9.17, 15) is 9.59 Å². The first-order chi connectivity index (χ1) is 12.5. The van der Waals surface area contributed by atoms with Crippen LogP contribution < -0.4 is 4.74 Å². The smallest absolute Gasteiger partial charge is 0.307 e. The van der Waals surface area contributed by atoms with Crippen LogP contribution in [0.4, 0.5) is 0 Å². The van der Waals surface area contributed by atoms with E-state index in [1.165, 1.54) is 0 Å². The number of hydrogen-bond donors (Lipinski definition) is 1. The molecule has 3 rings (SSSR count). The van der Waals surface area contributed by atoms with E-state index in [4.69, 9.17) is 9.84 Å². The predicted molar refractivity (Wildman–Crippen MR) is 102 cm³/mol. The molecule has 1 N–H and O–H groups in total. The Labute approximate surface area is 159 Å². The minimum absolute atomic E-state index is 0.0590. The van der Waals surface area contributed by atoms with Gasteiger partial charge in [0.1, 0.15) is 11.5 Å². The van der Waals surface area contributed by atoms with Crippen molar-refractivity contribution in [3.63, 3.8) is 0 Å². The molecule has 3 aromatic carbocycles. The molecule has 0 fully saturated rings. The molecule has 0 atom stereocenters. The lowest BCUT2D eigenvalue weighted by Gasteiger charge is -2.07. The summed E-state index contributed by atoms with van der Waals surface area (Å²) in [6, 6.07) is 21.0.